The highest BCUT2D eigenvalue weighted by atomic mass is 16.5. The van der Waals surface area contributed by atoms with Crippen LogP contribution in [0.4, 0.5) is 0 Å². The van der Waals surface area contributed by atoms with Crippen LogP contribution in [0.15, 0.2) is 42.5 Å². The smallest absolute Gasteiger partial charge is 0.339 e. The second-order valence-electron chi connectivity index (χ2n) is 7.48. The number of ether oxygens (including phenoxy) is 4. The van der Waals surface area contributed by atoms with Crippen molar-refractivity contribution in [2.24, 2.45) is 0 Å². The second-order valence-corrected chi connectivity index (χ2v) is 7.48. The lowest BCUT2D eigenvalue weighted by Crippen LogP contribution is -2.01. The summed E-state index contributed by atoms with van der Waals surface area (Å²) >= 11 is 0. The Balaban J connectivity index is 1.97. The van der Waals surface area contributed by atoms with Gasteiger partial charge in [0.2, 0.25) is 0 Å². The van der Waals surface area contributed by atoms with E-state index in [1.54, 1.807) is 21.3 Å². The van der Waals surface area contributed by atoms with Gasteiger partial charge in [0.15, 0.2) is 11.5 Å². The first-order valence-electron chi connectivity index (χ1n) is 9.88. The molecule has 2 heterocycles. The topological polar surface area (TPSA) is 66.9 Å². The van der Waals surface area contributed by atoms with Crippen molar-refractivity contribution in [3.05, 3.63) is 59.3 Å². The number of hydrogen-bond donors (Lipinski definition) is 0. The van der Waals surface area contributed by atoms with E-state index in [1.165, 1.54) is 0 Å². The van der Waals surface area contributed by atoms with Crippen molar-refractivity contribution in [1.82, 2.24) is 4.98 Å². The van der Waals surface area contributed by atoms with Gasteiger partial charge in [0.25, 0.3) is 0 Å². The van der Waals surface area contributed by atoms with Crippen LogP contribution in [0, 0.1) is 6.92 Å². The summed E-state index contributed by atoms with van der Waals surface area (Å²) in [4.78, 5) is 17.5. The van der Waals surface area contributed by atoms with E-state index in [1.807, 2.05) is 49.4 Å². The summed E-state index contributed by atoms with van der Waals surface area (Å²) in [6.07, 6.45) is 0. The summed E-state index contributed by atoms with van der Waals surface area (Å²) < 4.78 is 21.9. The van der Waals surface area contributed by atoms with Gasteiger partial charge in [-0.05, 0) is 65.7 Å². The van der Waals surface area contributed by atoms with Crippen LogP contribution < -0.4 is 14.2 Å². The number of pyridine rings is 1. The fraction of sp³-hybridized carbons (Fsp3) is 0.200. The number of aryl methyl sites for hydroxylation is 1. The maximum absolute atomic E-state index is 12.8. The Hall–Kier alpha value is -3.80. The number of rotatable bonds is 4. The molecule has 6 nitrogen and oxygen atoms in total. The summed E-state index contributed by atoms with van der Waals surface area (Å²) in [5, 5.41) is 2.72. The van der Waals surface area contributed by atoms with Gasteiger partial charge in [0, 0.05) is 22.2 Å². The van der Waals surface area contributed by atoms with Crippen LogP contribution in [-0.2, 0) is 11.3 Å². The van der Waals surface area contributed by atoms with E-state index in [0.717, 1.165) is 49.8 Å². The fourth-order valence-electron chi connectivity index (χ4n) is 4.30. The van der Waals surface area contributed by atoms with Crippen molar-refractivity contribution in [2.75, 3.05) is 21.3 Å². The third kappa shape index (κ3) is 2.94. The molecular weight excluding hydrogens is 394 g/mol. The molecule has 0 bridgehead atoms. The monoisotopic (exact) mass is 415 g/mol. The van der Waals surface area contributed by atoms with Crippen LogP contribution in [0.3, 0.4) is 0 Å². The molecule has 6 heteroatoms. The average Bonchev–Trinajstić information content (AvgIpc) is 3.15. The lowest BCUT2D eigenvalue weighted by atomic mass is 9.88. The molecule has 31 heavy (non-hydrogen) atoms. The van der Waals surface area contributed by atoms with Crippen molar-refractivity contribution >= 4 is 27.6 Å². The number of aromatic nitrogens is 1. The van der Waals surface area contributed by atoms with Gasteiger partial charge in [-0.3, -0.25) is 4.98 Å². The third-order valence-corrected chi connectivity index (χ3v) is 5.70. The standard InChI is InChI=1S/C25H21NO5/c1-13-7-19(18-10-16(28-2)5-6-20(18)26-13)24-17-11-22(30-4)21(29-3)9-14(17)8-15-12-31-25(27)23(15)24/h5-11H,12H2,1-4H3. The van der Waals surface area contributed by atoms with Crippen LogP contribution >= 0.6 is 0 Å². The lowest BCUT2D eigenvalue weighted by molar-refractivity contribution is 0.0535. The molecule has 1 aliphatic heterocycles. The number of carbonyl (C=O) groups excluding carboxylic acids is 1. The molecule has 0 atom stereocenters. The van der Waals surface area contributed by atoms with Gasteiger partial charge in [-0.15, -0.1) is 0 Å². The number of cyclic esters (lactones) is 1. The Labute approximate surface area is 179 Å². The van der Waals surface area contributed by atoms with Gasteiger partial charge in [-0.1, -0.05) is 0 Å². The predicted octanol–water partition coefficient (Wildman–Crippen LogP) is 5.06. The SMILES string of the molecule is COc1ccc2nc(C)cc(-c3c4c(cc5cc(OC)c(OC)cc35)COC4=O)c2c1. The molecule has 0 N–H and O–H groups in total. The van der Waals surface area contributed by atoms with E-state index in [4.69, 9.17) is 18.9 Å². The Kier molecular flexibility index (Phi) is 4.43. The first-order chi connectivity index (χ1) is 15.0. The van der Waals surface area contributed by atoms with E-state index in [2.05, 4.69) is 4.98 Å². The van der Waals surface area contributed by atoms with E-state index in [9.17, 15) is 4.79 Å². The van der Waals surface area contributed by atoms with E-state index >= 15 is 0 Å². The van der Waals surface area contributed by atoms with Crippen LogP contribution in [0.25, 0.3) is 32.8 Å². The first kappa shape index (κ1) is 19.2. The van der Waals surface area contributed by atoms with Crippen LogP contribution in [0.5, 0.6) is 17.2 Å². The maximum Gasteiger partial charge on any atom is 0.339 e. The Bertz CT molecular complexity index is 1380. The fourth-order valence-corrected chi connectivity index (χ4v) is 4.30. The largest absolute Gasteiger partial charge is 0.497 e. The van der Waals surface area contributed by atoms with Crippen LogP contribution in [0.2, 0.25) is 0 Å². The van der Waals surface area contributed by atoms with Crippen molar-refractivity contribution in [2.45, 2.75) is 13.5 Å². The molecule has 1 aliphatic rings. The van der Waals surface area contributed by atoms with Crippen molar-refractivity contribution < 1.29 is 23.7 Å². The van der Waals surface area contributed by atoms with Gasteiger partial charge < -0.3 is 18.9 Å². The molecule has 4 aromatic rings. The van der Waals surface area contributed by atoms with Gasteiger partial charge in [-0.25, -0.2) is 4.79 Å². The molecule has 0 radical (unpaired) electrons. The molecule has 156 valence electrons. The van der Waals surface area contributed by atoms with Gasteiger partial charge in [-0.2, -0.15) is 0 Å². The third-order valence-electron chi connectivity index (χ3n) is 5.70. The Morgan fingerprint density at radius 2 is 1.65 bits per heavy atom. The highest BCUT2D eigenvalue weighted by molar-refractivity contribution is 6.15. The van der Waals surface area contributed by atoms with E-state index < -0.39 is 0 Å². The molecule has 0 aliphatic carbocycles. The molecule has 3 aromatic carbocycles. The number of hydrogen-bond acceptors (Lipinski definition) is 6. The summed E-state index contributed by atoms with van der Waals surface area (Å²) in [6, 6.07) is 13.6. The zero-order valence-electron chi connectivity index (χ0n) is 17.7. The van der Waals surface area contributed by atoms with Crippen LogP contribution in [0.1, 0.15) is 21.6 Å². The van der Waals surface area contributed by atoms with Gasteiger partial charge >= 0.3 is 5.97 Å². The number of fused-ring (bicyclic) bond motifs is 3. The molecule has 5 rings (SSSR count). The maximum atomic E-state index is 12.8. The summed E-state index contributed by atoms with van der Waals surface area (Å²) in [6.45, 7) is 2.19. The number of carbonyl (C=O) groups is 1. The predicted molar refractivity (Wildman–Crippen MR) is 118 cm³/mol. The minimum Gasteiger partial charge on any atom is -0.497 e. The number of benzene rings is 3. The Morgan fingerprint density at radius 3 is 2.39 bits per heavy atom. The minimum absolute atomic E-state index is 0.247. The molecule has 0 fully saturated rings. The normalized spacial score (nSPS) is 12.7. The van der Waals surface area contributed by atoms with Crippen LogP contribution in [-0.4, -0.2) is 32.3 Å². The highest BCUT2D eigenvalue weighted by Gasteiger charge is 2.29. The zero-order chi connectivity index (χ0) is 21.7. The van der Waals surface area contributed by atoms with Gasteiger partial charge in [0.1, 0.15) is 12.4 Å². The number of nitrogens with zero attached hydrogens (tertiary/aromatic N) is 1. The molecular formula is C25H21NO5. The molecule has 0 spiro atoms. The van der Waals surface area contributed by atoms with E-state index in [0.29, 0.717) is 17.1 Å². The van der Waals surface area contributed by atoms with Gasteiger partial charge in [0.05, 0.1) is 32.4 Å². The van der Waals surface area contributed by atoms with Crippen molar-refractivity contribution in [1.29, 1.82) is 0 Å². The summed E-state index contributed by atoms with van der Waals surface area (Å²) in [7, 11) is 4.84. The second kappa shape index (κ2) is 7.16. The molecule has 0 saturated carbocycles. The molecule has 0 saturated heterocycles. The number of esters is 1. The summed E-state index contributed by atoms with van der Waals surface area (Å²) in [5.74, 6) is 1.61. The minimum atomic E-state index is -0.327. The van der Waals surface area contributed by atoms with Crippen molar-refractivity contribution in [3.63, 3.8) is 0 Å². The molecule has 0 unspecified atom stereocenters. The zero-order valence-corrected chi connectivity index (χ0v) is 17.7. The lowest BCUT2D eigenvalue weighted by Gasteiger charge is -2.17. The summed E-state index contributed by atoms with van der Waals surface area (Å²) in [5.41, 5.74) is 4.81. The molecule has 0 amide bonds. The molecule has 1 aromatic heterocycles. The Morgan fingerprint density at radius 1 is 0.871 bits per heavy atom. The first-order valence-corrected chi connectivity index (χ1v) is 9.88. The number of methoxy groups -OCH3 is 3. The average molecular weight is 415 g/mol. The highest BCUT2D eigenvalue weighted by Crippen LogP contribution is 2.44. The van der Waals surface area contributed by atoms with E-state index in [-0.39, 0.29) is 12.6 Å². The van der Waals surface area contributed by atoms with Crippen molar-refractivity contribution in [3.8, 4) is 28.4 Å². The quantitative estimate of drug-likeness (QED) is 0.434.